The molecule has 0 N–H and O–H groups in total. The van der Waals surface area contributed by atoms with E-state index in [9.17, 15) is 0 Å². The van der Waals surface area contributed by atoms with Crippen molar-refractivity contribution < 1.29 is 33.4 Å². The Morgan fingerprint density at radius 2 is 0.906 bits per heavy atom. The third-order valence-electron chi connectivity index (χ3n) is 4.86. The monoisotopic (exact) mass is 449 g/mol. The highest BCUT2D eigenvalue weighted by molar-refractivity contribution is 5.73. The molecule has 0 spiro atoms. The van der Waals surface area contributed by atoms with Crippen LogP contribution in [0.25, 0.3) is 33.6 Å². The van der Waals surface area contributed by atoms with Gasteiger partial charge in [0.15, 0.2) is 0 Å². The van der Waals surface area contributed by atoms with Gasteiger partial charge < -0.3 is 0 Å². The first kappa shape index (κ1) is 23.6. The van der Waals surface area contributed by atoms with E-state index in [4.69, 9.17) is 18.6 Å². The number of nitrogens with zero attached hydrogens (tertiary/aromatic N) is 1. The van der Waals surface area contributed by atoms with E-state index in [1.807, 2.05) is 0 Å². The average molecular weight is 450 g/mol. The summed E-state index contributed by atoms with van der Waals surface area (Å²) in [4.78, 5) is 0. The van der Waals surface area contributed by atoms with Crippen molar-refractivity contribution in [3.05, 3.63) is 103 Å². The Morgan fingerprint density at radius 3 is 1.25 bits per heavy atom. The summed E-state index contributed by atoms with van der Waals surface area (Å²) < 4.78 is 36.4. The molecule has 164 valence electrons. The van der Waals surface area contributed by atoms with Crippen LogP contribution in [0.5, 0.6) is 0 Å². The molecule has 0 bridgehead atoms. The largest absolute Gasteiger partial charge is 0.222 e. The molecular weight excluding hydrogens is 426 g/mol. The summed E-state index contributed by atoms with van der Waals surface area (Å²) in [6.07, 6.45) is 1.09. The first-order chi connectivity index (χ1) is 15.4. The Balaban J connectivity index is 0.000000523. The Bertz CT molecular complexity index is 1050. The first-order valence-electron chi connectivity index (χ1n) is 10.2. The summed E-state index contributed by atoms with van der Waals surface area (Å²) in [6.45, 7) is 3.23. The van der Waals surface area contributed by atoms with Gasteiger partial charge in [-0.3, -0.25) is 0 Å². The zero-order chi connectivity index (χ0) is 23.0. The van der Waals surface area contributed by atoms with Gasteiger partial charge in [0.1, 0.15) is 6.54 Å². The van der Waals surface area contributed by atoms with Gasteiger partial charge in [-0.15, -0.1) is 10.2 Å². The molecule has 5 nitrogen and oxygen atoms in total. The minimum atomic E-state index is -4.94. The topological polar surface area (TPSA) is 96.1 Å². The van der Waals surface area contributed by atoms with Crippen molar-refractivity contribution in [2.24, 2.45) is 0 Å². The standard InChI is InChI=1S/C26H24N.ClHO4/c1-2-18-27-25(22-14-8-4-9-15-22)19-24(21-12-6-3-7-13-21)20-26(27)23-16-10-5-11-17-23;2-1(3,4)5/h3-17,19-20H,2,18H2,1H3;(H,2,3,4,5)/q+1;/p-1. The molecule has 32 heavy (non-hydrogen) atoms. The van der Waals surface area contributed by atoms with Gasteiger partial charge in [-0.2, -0.15) is 4.57 Å². The van der Waals surface area contributed by atoms with Gasteiger partial charge in [-0.1, -0.05) is 73.7 Å². The molecular formula is C26H24ClNO4. The van der Waals surface area contributed by atoms with Gasteiger partial charge in [-0.25, -0.2) is 18.6 Å². The van der Waals surface area contributed by atoms with Crippen LogP contribution in [0.2, 0.25) is 0 Å². The molecule has 1 aromatic heterocycles. The molecule has 6 heteroatoms. The highest BCUT2D eigenvalue weighted by Gasteiger charge is 2.21. The maximum absolute atomic E-state index is 8.49. The van der Waals surface area contributed by atoms with Gasteiger partial charge in [0.05, 0.1) is 0 Å². The van der Waals surface area contributed by atoms with Crippen LogP contribution in [0.15, 0.2) is 103 Å². The maximum Gasteiger partial charge on any atom is 0.213 e. The fraction of sp³-hybridized carbons (Fsp3) is 0.115. The van der Waals surface area contributed by atoms with Crippen molar-refractivity contribution in [2.45, 2.75) is 19.9 Å². The second-order valence-electron chi connectivity index (χ2n) is 7.14. The predicted molar refractivity (Wildman–Crippen MR) is 113 cm³/mol. The third kappa shape index (κ3) is 6.72. The average Bonchev–Trinajstić information content (AvgIpc) is 2.80. The summed E-state index contributed by atoms with van der Waals surface area (Å²) in [6, 6.07) is 36.7. The van der Waals surface area contributed by atoms with E-state index < -0.39 is 10.2 Å². The number of pyridine rings is 1. The molecule has 0 radical (unpaired) electrons. The van der Waals surface area contributed by atoms with Crippen LogP contribution in [-0.2, 0) is 6.54 Å². The molecule has 0 aliphatic rings. The maximum atomic E-state index is 8.49. The number of hydrogen-bond acceptors (Lipinski definition) is 4. The Labute approximate surface area is 190 Å². The minimum Gasteiger partial charge on any atom is -0.222 e. The van der Waals surface area contributed by atoms with Crippen LogP contribution < -0.4 is 23.2 Å². The molecule has 0 atom stereocenters. The predicted octanol–water partition coefficient (Wildman–Crippen LogP) is 1.63. The normalized spacial score (nSPS) is 10.9. The number of hydrogen-bond donors (Lipinski definition) is 0. The summed E-state index contributed by atoms with van der Waals surface area (Å²) in [5.74, 6) is 0. The fourth-order valence-corrected chi connectivity index (χ4v) is 3.58. The second kappa shape index (κ2) is 11.0. The van der Waals surface area contributed by atoms with Crippen molar-refractivity contribution in [3.63, 3.8) is 0 Å². The van der Waals surface area contributed by atoms with Gasteiger partial charge in [-0.05, 0) is 35.4 Å². The lowest BCUT2D eigenvalue weighted by molar-refractivity contribution is -2.00. The summed E-state index contributed by atoms with van der Waals surface area (Å²) >= 11 is 0. The number of halogens is 1. The van der Waals surface area contributed by atoms with Crippen molar-refractivity contribution in [1.29, 1.82) is 0 Å². The van der Waals surface area contributed by atoms with E-state index in [0.29, 0.717) is 0 Å². The van der Waals surface area contributed by atoms with Crippen LogP contribution in [0.4, 0.5) is 0 Å². The van der Waals surface area contributed by atoms with E-state index in [0.717, 1.165) is 13.0 Å². The van der Waals surface area contributed by atoms with Gasteiger partial charge in [0, 0.05) is 29.7 Å². The molecule has 0 fully saturated rings. The molecule has 3 aromatic carbocycles. The number of benzene rings is 3. The Morgan fingerprint density at radius 1 is 0.562 bits per heavy atom. The van der Waals surface area contributed by atoms with Crippen LogP contribution in [0.3, 0.4) is 0 Å². The summed E-state index contributed by atoms with van der Waals surface area (Å²) in [7, 11) is -4.94. The molecule has 4 aromatic rings. The minimum absolute atomic E-state index is 0.990. The lowest BCUT2D eigenvalue weighted by Gasteiger charge is -2.17. The highest BCUT2D eigenvalue weighted by atomic mass is 35.7. The van der Waals surface area contributed by atoms with Crippen molar-refractivity contribution in [2.75, 3.05) is 0 Å². The SMILES string of the molecule is CCC[n+]1c(-c2ccccc2)cc(-c2ccccc2)cc1-c1ccccc1.[O-][Cl+3]([O-])([O-])[O-]. The summed E-state index contributed by atoms with van der Waals surface area (Å²) in [5, 5.41) is 0. The molecule has 4 rings (SSSR count). The fourth-order valence-electron chi connectivity index (χ4n) is 3.58. The highest BCUT2D eigenvalue weighted by Crippen LogP contribution is 2.29. The van der Waals surface area contributed by atoms with Crippen LogP contribution in [-0.4, -0.2) is 0 Å². The first-order valence-corrected chi connectivity index (χ1v) is 11.5. The summed E-state index contributed by atoms with van der Waals surface area (Å²) in [5.41, 5.74) is 7.52. The quantitative estimate of drug-likeness (QED) is 0.432. The Hall–Kier alpha value is -3.06. The van der Waals surface area contributed by atoms with E-state index >= 15 is 0 Å². The van der Waals surface area contributed by atoms with Gasteiger partial charge in [0.2, 0.25) is 11.4 Å². The lowest BCUT2D eigenvalue weighted by Crippen LogP contribution is -2.68. The lowest BCUT2D eigenvalue weighted by atomic mass is 9.99. The van der Waals surface area contributed by atoms with Crippen molar-refractivity contribution in [1.82, 2.24) is 0 Å². The zero-order valence-corrected chi connectivity index (χ0v) is 18.4. The van der Waals surface area contributed by atoms with E-state index in [1.54, 1.807) is 0 Å². The zero-order valence-electron chi connectivity index (χ0n) is 17.7. The number of aromatic nitrogens is 1. The van der Waals surface area contributed by atoms with E-state index in [1.165, 1.54) is 33.6 Å². The molecule has 0 saturated heterocycles. The third-order valence-corrected chi connectivity index (χ3v) is 4.86. The van der Waals surface area contributed by atoms with Crippen LogP contribution >= 0.6 is 0 Å². The van der Waals surface area contributed by atoms with Crippen LogP contribution in [0.1, 0.15) is 13.3 Å². The van der Waals surface area contributed by atoms with Crippen molar-refractivity contribution >= 4 is 0 Å². The molecule has 0 amide bonds. The van der Waals surface area contributed by atoms with E-state index in [2.05, 4.69) is 115 Å². The molecule has 0 saturated carbocycles. The number of rotatable bonds is 5. The van der Waals surface area contributed by atoms with Crippen LogP contribution in [0, 0.1) is 10.2 Å². The Kier molecular flexibility index (Phi) is 8.11. The molecule has 0 unspecified atom stereocenters. The second-order valence-corrected chi connectivity index (χ2v) is 7.90. The van der Waals surface area contributed by atoms with Gasteiger partial charge in [0.25, 0.3) is 0 Å². The van der Waals surface area contributed by atoms with E-state index in [-0.39, 0.29) is 0 Å². The molecule has 0 aliphatic carbocycles. The smallest absolute Gasteiger partial charge is 0.213 e. The van der Waals surface area contributed by atoms with Crippen molar-refractivity contribution in [3.8, 4) is 33.6 Å². The molecule has 0 aliphatic heterocycles. The van der Waals surface area contributed by atoms with Gasteiger partial charge >= 0.3 is 0 Å². The molecule has 1 heterocycles.